The number of nitrogens with zero attached hydrogens (tertiary/aromatic N) is 4. The van der Waals surface area contributed by atoms with Crippen molar-refractivity contribution in [1.82, 2.24) is 30.3 Å². The van der Waals surface area contributed by atoms with Gasteiger partial charge in [-0.1, -0.05) is 38.5 Å². The van der Waals surface area contributed by atoms with E-state index < -0.39 is 11.9 Å². The largest absolute Gasteiger partial charge is 0.433 e. The molecule has 210 valence electrons. The first kappa shape index (κ1) is 28.7. The Morgan fingerprint density at radius 2 is 1.92 bits per heavy atom. The van der Waals surface area contributed by atoms with Gasteiger partial charge in [-0.15, -0.1) is 0 Å². The molecule has 1 unspecified atom stereocenters. The van der Waals surface area contributed by atoms with Gasteiger partial charge in [0.2, 0.25) is 0 Å². The molecule has 1 aliphatic carbocycles. The second-order valence-electron chi connectivity index (χ2n) is 9.89. The van der Waals surface area contributed by atoms with Crippen LogP contribution in [0.15, 0.2) is 30.3 Å². The molecule has 0 radical (unpaired) electrons. The summed E-state index contributed by atoms with van der Waals surface area (Å²) in [6, 6.07) is 8.66. The number of benzene rings is 1. The molecular formula is C28H37F3N8. The second kappa shape index (κ2) is 12.3. The Morgan fingerprint density at radius 3 is 2.54 bits per heavy atom. The van der Waals surface area contributed by atoms with Crippen molar-refractivity contribution in [1.29, 1.82) is 10.8 Å². The van der Waals surface area contributed by atoms with Crippen molar-refractivity contribution < 1.29 is 13.2 Å². The summed E-state index contributed by atoms with van der Waals surface area (Å²) in [5.41, 5.74) is 1.95. The summed E-state index contributed by atoms with van der Waals surface area (Å²) < 4.78 is 41.6. The number of alkyl halides is 3. The SMILES string of the molecule is CC.CN(C=N)C(=N)C(c1cccc(-c2n[nH]c3c(CN4CCNCC4)nc(C(F)(F)F)cc23)c1)C1CCC1. The third-order valence-corrected chi connectivity index (χ3v) is 7.51. The third-order valence-electron chi connectivity index (χ3n) is 7.51. The summed E-state index contributed by atoms with van der Waals surface area (Å²) in [6.07, 6.45) is -0.334. The molecule has 1 aliphatic heterocycles. The maximum atomic E-state index is 13.9. The smallest absolute Gasteiger partial charge is 0.324 e. The summed E-state index contributed by atoms with van der Waals surface area (Å²) in [4.78, 5) is 7.59. The van der Waals surface area contributed by atoms with Gasteiger partial charge in [0.15, 0.2) is 0 Å². The van der Waals surface area contributed by atoms with E-state index in [4.69, 9.17) is 10.8 Å². The van der Waals surface area contributed by atoms with Crippen LogP contribution < -0.4 is 5.32 Å². The number of rotatable bonds is 7. The molecular weight excluding hydrogens is 505 g/mol. The van der Waals surface area contributed by atoms with Crippen molar-refractivity contribution >= 4 is 23.1 Å². The summed E-state index contributed by atoms with van der Waals surface area (Å²) in [5.74, 6) is 0.444. The Morgan fingerprint density at radius 1 is 1.21 bits per heavy atom. The fraction of sp³-hybridized carbons (Fsp3) is 0.500. The number of likely N-dealkylation sites (N-methyl/N-ethyl adjacent to an activating group) is 1. The van der Waals surface area contributed by atoms with E-state index in [1.54, 1.807) is 7.05 Å². The molecule has 5 rings (SSSR count). The second-order valence-corrected chi connectivity index (χ2v) is 9.89. The molecule has 2 aromatic heterocycles. The highest BCUT2D eigenvalue weighted by Gasteiger charge is 2.35. The molecule has 3 aromatic rings. The van der Waals surface area contributed by atoms with Crippen LogP contribution in [0.3, 0.4) is 0 Å². The minimum atomic E-state index is -4.58. The van der Waals surface area contributed by atoms with E-state index in [-0.39, 0.29) is 5.92 Å². The molecule has 1 atom stereocenters. The predicted molar refractivity (Wildman–Crippen MR) is 148 cm³/mol. The summed E-state index contributed by atoms with van der Waals surface area (Å²) in [5, 5.41) is 27.3. The lowest BCUT2D eigenvalue weighted by Crippen LogP contribution is -2.43. The van der Waals surface area contributed by atoms with Crippen molar-refractivity contribution in [3.63, 3.8) is 0 Å². The van der Waals surface area contributed by atoms with E-state index >= 15 is 0 Å². The maximum Gasteiger partial charge on any atom is 0.433 e. The number of H-pyrrole nitrogens is 1. The quantitative estimate of drug-likeness (QED) is 0.234. The number of hydrogen-bond donors (Lipinski definition) is 4. The van der Waals surface area contributed by atoms with E-state index in [0.717, 1.165) is 63.4 Å². The Bertz CT molecular complexity index is 1290. The standard InChI is InChI=1S/C26H31F3N8.C2H6/c1-36(15-30)25(31)22(16-4-2-5-16)17-6-3-7-18(12-17)23-19-13-21(26(27,28)29)33-20(24(19)35-34-23)14-37-10-8-32-9-11-37;1-2/h3,6-7,12-13,15-16,22,30-32H,2,4-5,8-11,14H2,1H3,(H,34,35);1-2H3. The molecule has 2 aliphatic rings. The van der Waals surface area contributed by atoms with E-state index in [9.17, 15) is 13.2 Å². The lowest BCUT2D eigenvalue weighted by atomic mass is 9.72. The lowest BCUT2D eigenvalue weighted by Gasteiger charge is -2.36. The van der Waals surface area contributed by atoms with Crippen molar-refractivity contribution in [2.24, 2.45) is 5.92 Å². The molecule has 2 fully saturated rings. The predicted octanol–water partition coefficient (Wildman–Crippen LogP) is 5.47. The van der Waals surface area contributed by atoms with Gasteiger partial charge in [-0.2, -0.15) is 18.3 Å². The van der Waals surface area contributed by atoms with Gasteiger partial charge in [0.25, 0.3) is 0 Å². The minimum Gasteiger partial charge on any atom is -0.324 e. The molecule has 1 saturated heterocycles. The van der Waals surface area contributed by atoms with Crippen molar-refractivity contribution in [3.8, 4) is 11.3 Å². The Hall–Kier alpha value is -3.31. The van der Waals surface area contributed by atoms with Crippen molar-refractivity contribution in [2.75, 3.05) is 33.2 Å². The number of halogens is 3. The van der Waals surface area contributed by atoms with Crippen LogP contribution in [0.2, 0.25) is 0 Å². The van der Waals surface area contributed by atoms with Gasteiger partial charge in [-0.25, -0.2) is 4.98 Å². The molecule has 8 nitrogen and oxygen atoms in total. The van der Waals surface area contributed by atoms with Gasteiger partial charge >= 0.3 is 6.18 Å². The van der Waals surface area contributed by atoms with Crippen molar-refractivity contribution in [3.05, 3.63) is 47.3 Å². The number of nitrogens with one attached hydrogen (secondary N) is 4. The molecule has 1 saturated carbocycles. The zero-order valence-electron chi connectivity index (χ0n) is 22.7. The number of pyridine rings is 1. The number of hydrogen-bond acceptors (Lipinski definition) is 6. The number of fused-ring (bicyclic) bond motifs is 1. The molecule has 0 spiro atoms. The van der Waals surface area contributed by atoms with E-state index in [2.05, 4.69) is 25.4 Å². The zero-order valence-corrected chi connectivity index (χ0v) is 22.7. The van der Waals surface area contributed by atoms with Gasteiger partial charge in [-0.3, -0.25) is 20.8 Å². The Labute approximate surface area is 227 Å². The van der Waals surface area contributed by atoms with Crippen LogP contribution in [0, 0.1) is 16.7 Å². The van der Waals surface area contributed by atoms with Gasteiger partial charge in [0.1, 0.15) is 17.2 Å². The normalized spacial score (nSPS) is 17.2. The fourth-order valence-electron chi connectivity index (χ4n) is 5.24. The van der Waals surface area contributed by atoms with Crippen LogP contribution in [0.5, 0.6) is 0 Å². The summed E-state index contributed by atoms with van der Waals surface area (Å²) in [7, 11) is 1.69. The van der Waals surface area contributed by atoms with Crippen molar-refractivity contribution in [2.45, 2.75) is 51.7 Å². The topological polar surface area (TPSA) is 108 Å². The van der Waals surface area contributed by atoms with Crippen LogP contribution in [-0.2, 0) is 12.7 Å². The molecule has 39 heavy (non-hydrogen) atoms. The Kier molecular flexibility index (Phi) is 9.01. The highest BCUT2D eigenvalue weighted by Crippen LogP contribution is 2.42. The average Bonchev–Trinajstić information content (AvgIpc) is 3.35. The first-order valence-corrected chi connectivity index (χ1v) is 13.6. The highest BCUT2D eigenvalue weighted by atomic mass is 19.4. The maximum absolute atomic E-state index is 13.9. The van der Waals surface area contributed by atoms with Crippen LogP contribution in [0.1, 0.15) is 56.0 Å². The minimum absolute atomic E-state index is 0.193. The molecule has 0 bridgehead atoms. The number of aromatic nitrogens is 3. The van der Waals surface area contributed by atoms with Gasteiger partial charge in [0.05, 0.1) is 17.5 Å². The van der Waals surface area contributed by atoms with E-state index in [0.29, 0.717) is 46.2 Å². The first-order valence-electron chi connectivity index (χ1n) is 13.6. The Balaban J connectivity index is 0.00000172. The number of aromatic amines is 1. The van der Waals surface area contributed by atoms with Crippen LogP contribution in [-0.4, -0.2) is 70.4 Å². The zero-order chi connectivity index (χ0) is 28.2. The first-order chi connectivity index (χ1) is 18.8. The van der Waals surface area contributed by atoms with Gasteiger partial charge in [0, 0.05) is 56.6 Å². The lowest BCUT2D eigenvalue weighted by molar-refractivity contribution is -0.141. The van der Waals surface area contributed by atoms with Crippen LogP contribution in [0.4, 0.5) is 13.2 Å². The van der Waals surface area contributed by atoms with Gasteiger partial charge in [-0.05, 0) is 36.5 Å². The average molecular weight is 543 g/mol. The van der Waals surface area contributed by atoms with Gasteiger partial charge < -0.3 is 10.2 Å². The summed E-state index contributed by atoms with van der Waals surface area (Å²) in [6.45, 7) is 7.35. The van der Waals surface area contributed by atoms with E-state index in [1.165, 1.54) is 4.90 Å². The summed E-state index contributed by atoms with van der Waals surface area (Å²) >= 11 is 0. The number of amidine groups is 1. The molecule has 1 aromatic carbocycles. The highest BCUT2D eigenvalue weighted by molar-refractivity contribution is 5.96. The molecule has 0 amide bonds. The molecule has 3 heterocycles. The molecule has 11 heteroatoms. The fourth-order valence-corrected chi connectivity index (χ4v) is 5.24. The number of piperazine rings is 1. The monoisotopic (exact) mass is 542 g/mol. The van der Waals surface area contributed by atoms with Crippen LogP contribution in [0.25, 0.3) is 22.2 Å². The molecule has 4 N–H and O–H groups in total. The third kappa shape index (κ3) is 6.14. The van der Waals surface area contributed by atoms with Crippen LogP contribution >= 0.6 is 0 Å². The van der Waals surface area contributed by atoms with E-state index in [1.807, 2.05) is 38.1 Å².